The van der Waals surface area contributed by atoms with Crippen LogP contribution in [0.3, 0.4) is 0 Å². The summed E-state index contributed by atoms with van der Waals surface area (Å²) >= 11 is 6.10. The summed E-state index contributed by atoms with van der Waals surface area (Å²) < 4.78 is 5.35. The van der Waals surface area contributed by atoms with Crippen LogP contribution in [0.15, 0.2) is 54.6 Å². The molecule has 1 fully saturated rings. The number of halogens is 1. The molecule has 0 atom stereocenters. The van der Waals surface area contributed by atoms with Crippen LogP contribution in [0.2, 0.25) is 5.02 Å². The summed E-state index contributed by atoms with van der Waals surface area (Å²) in [4.78, 5) is 12.3. The van der Waals surface area contributed by atoms with E-state index in [1.807, 2.05) is 48.5 Å². The van der Waals surface area contributed by atoms with Crippen molar-refractivity contribution < 1.29 is 9.53 Å². The number of anilines is 1. The number of hydrogen-bond donors (Lipinski definition) is 2. The van der Waals surface area contributed by atoms with Crippen LogP contribution in [-0.2, 0) is 11.3 Å². The lowest BCUT2D eigenvalue weighted by atomic mass is 10.1. The fraction of sp³-hybridized carbons (Fsp3) is 0.200. The minimum atomic E-state index is -0.500. The second-order valence-electron chi connectivity index (χ2n) is 6.33. The van der Waals surface area contributed by atoms with Crippen LogP contribution in [-0.4, -0.2) is 16.3 Å². The van der Waals surface area contributed by atoms with Gasteiger partial charge in [-0.1, -0.05) is 54.1 Å². The van der Waals surface area contributed by atoms with Crippen LogP contribution in [0.25, 0.3) is 11.3 Å². The molecule has 2 aromatic carbocycles. The minimum absolute atomic E-state index is 0.218. The van der Waals surface area contributed by atoms with Gasteiger partial charge in [0.2, 0.25) is 0 Å². The third kappa shape index (κ3) is 3.73. The molecule has 2 N–H and O–H groups in total. The highest BCUT2D eigenvalue weighted by atomic mass is 35.5. The van der Waals surface area contributed by atoms with Gasteiger partial charge in [-0.15, -0.1) is 0 Å². The fourth-order valence-corrected chi connectivity index (χ4v) is 3.05. The zero-order valence-electron chi connectivity index (χ0n) is 14.0. The topological polar surface area (TPSA) is 67.0 Å². The van der Waals surface area contributed by atoms with Gasteiger partial charge in [0.05, 0.1) is 11.4 Å². The second kappa shape index (κ2) is 7.22. The van der Waals surface area contributed by atoms with Gasteiger partial charge in [0.15, 0.2) is 0 Å². The van der Waals surface area contributed by atoms with E-state index in [4.69, 9.17) is 16.3 Å². The third-order valence-electron chi connectivity index (χ3n) is 4.32. The third-order valence-corrected chi connectivity index (χ3v) is 4.55. The zero-order valence-corrected chi connectivity index (χ0v) is 14.8. The van der Waals surface area contributed by atoms with Crippen LogP contribution in [0.4, 0.5) is 10.5 Å². The predicted molar refractivity (Wildman–Crippen MR) is 101 cm³/mol. The lowest BCUT2D eigenvalue weighted by Crippen LogP contribution is -2.14. The molecule has 6 heteroatoms. The van der Waals surface area contributed by atoms with Crippen LogP contribution < -0.4 is 5.32 Å². The van der Waals surface area contributed by atoms with Crippen molar-refractivity contribution in [1.82, 2.24) is 10.2 Å². The van der Waals surface area contributed by atoms with Gasteiger partial charge < -0.3 is 4.74 Å². The Balaban J connectivity index is 1.54. The maximum absolute atomic E-state index is 12.3. The number of ether oxygens (including phenoxy) is 1. The molecular weight excluding hydrogens is 350 g/mol. The van der Waals surface area contributed by atoms with Crippen molar-refractivity contribution in [2.45, 2.75) is 25.4 Å². The Morgan fingerprint density at radius 2 is 2.00 bits per heavy atom. The van der Waals surface area contributed by atoms with E-state index in [0.29, 0.717) is 22.3 Å². The quantitative estimate of drug-likeness (QED) is 0.638. The van der Waals surface area contributed by atoms with E-state index in [1.54, 1.807) is 6.07 Å². The van der Waals surface area contributed by atoms with Gasteiger partial charge in [-0.2, -0.15) is 5.10 Å². The lowest BCUT2D eigenvalue weighted by molar-refractivity contribution is 0.155. The minimum Gasteiger partial charge on any atom is -0.444 e. The molecule has 0 unspecified atom stereocenters. The van der Waals surface area contributed by atoms with E-state index in [9.17, 15) is 4.79 Å². The maximum Gasteiger partial charge on any atom is 0.412 e. The number of benzene rings is 2. The molecule has 132 valence electrons. The molecule has 26 heavy (non-hydrogen) atoms. The first-order valence-corrected chi connectivity index (χ1v) is 8.90. The highest BCUT2D eigenvalue weighted by molar-refractivity contribution is 6.30. The average Bonchev–Trinajstić information content (AvgIpc) is 3.42. The van der Waals surface area contributed by atoms with Gasteiger partial charge in [0.25, 0.3) is 0 Å². The molecule has 1 saturated carbocycles. The Morgan fingerprint density at radius 3 is 2.73 bits per heavy atom. The largest absolute Gasteiger partial charge is 0.444 e. The molecule has 3 aromatic rings. The highest BCUT2D eigenvalue weighted by Crippen LogP contribution is 2.45. The van der Waals surface area contributed by atoms with Crippen molar-refractivity contribution in [2.75, 3.05) is 5.32 Å². The van der Waals surface area contributed by atoms with Crippen LogP contribution in [0, 0.1) is 0 Å². The Bertz CT molecular complexity index is 920. The number of aromatic nitrogens is 2. The van der Waals surface area contributed by atoms with E-state index in [-0.39, 0.29) is 6.61 Å². The number of aromatic amines is 1. The number of carbonyl (C=O) groups excluding carboxylic acids is 1. The van der Waals surface area contributed by atoms with Gasteiger partial charge in [0, 0.05) is 16.5 Å². The van der Waals surface area contributed by atoms with Gasteiger partial charge in [0.1, 0.15) is 12.3 Å². The van der Waals surface area contributed by atoms with Gasteiger partial charge >= 0.3 is 6.09 Å². The molecule has 1 heterocycles. The number of carbonyl (C=O) groups is 1. The summed E-state index contributed by atoms with van der Waals surface area (Å²) in [6, 6.07) is 17.0. The first-order valence-electron chi connectivity index (χ1n) is 8.52. The molecule has 0 radical (unpaired) electrons. The van der Waals surface area contributed by atoms with Crippen molar-refractivity contribution in [1.29, 1.82) is 0 Å². The normalized spacial score (nSPS) is 13.4. The van der Waals surface area contributed by atoms with E-state index in [1.165, 1.54) is 0 Å². The van der Waals surface area contributed by atoms with Crippen molar-refractivity contribution >= 4 is 23.4 Å². The Kier molecular flexibility index (Phi) is 4.63. The highest BCUT2D eigenvalue weighted by Gasteiger charge is 2.31. The number of H-pyrrole nitrogens is 1. The van der Waals surface area contributed by atoms with Gasteiger partial charge in [-0.3, -0.25) is 10.4 Å². The van der Waals surface area contributed by atoms with E-state index in [2.05, 4.69) is 15.5 Å². The first-order chi connectivity index (χ1) is 12.7. The number of rotatable bonds is 5. The fourth-order valence-electron chi connectivity index (χ4n) is 2.86. The molecule has 5 nitrogen and oxygen atoms in total. The first kappa shape index (κ1) is 16.7. The van der Waals surface area contributed by atoms with Crippen LogP contribution in [0.1, 0.15) is 30.0 Å². The SMILES string of the molecule is O=C(Nc1c(-c2cccc(Cl)c2)n[nH]c1C1CC1)OCc1ccccc1. The summed E-state index contributed by atoms with van der Waals surface area (Å²) in [5.41, 5.74) is 4.07. The van der Waals surface area contributed by atoms with Gasteiger partial charge in [-0.25, -0.2) is 4.79 Å². The number of nitrogens with one attached hydrogen (secondary N) is 2. The smallest absolute Gasteiger partial charge is 0.412 e. The number of nitrogens with zero attached hydrogens (tertiary/aromatic N) is 1. The summed E-state index contributed by atoms with van der Waals surface area (Å²) in [6.07, 6.45) is 1.68. The summed E-state index contributed by atoms with van der Waals surface area (Å²) in [7, 11) is 0. The van der Waals surface area contributed by atoms with Crippen molar-refractivity contribution in [3.05, 3.63) is 70.9 Å². The monoisotopic (exact) mass is 367 g/mol. The summed E-state index contributed by atoms with van der Waals surface area (Å²) in [6.45, 7) is 0.218. The Morgan fingerprint density at radius 1 is 1.19 bits per heavy atom. The summed E-state index contributed by atoms with van der Waals surface area (Å²) in [5.74, 6) is 0.403. The molecule has 1 amide bonds. The van der Waals surface area contributed by atoms with E-state index < -0.39 is 6.09 Å². The maximum atomic E-state index is 12.3. The molecule has 0 spiro atoms. The standard InChI is InChI=1S/C20H18ClN3O2/c21-16-8-4-7-15(11-16)18-19(17(23-24-18)14-9-10-14)22-20(25)26-12-13-5-2-1-3-6-13/h1-8,11,14H,9-10,12H2,(H,22,25)(H,23,24). The lowest BCUT2D eigenvalue weighted by Gasteiger charge is -2.09. The Hall–Kier alpha value is -2.79. The summed E-state index contributed by atoms with van der Waals surface area (Å²) in [5, 5.41) is 11.0. The number of hydrogen-bond acceptors (Lipinski definition) is 3. The molecule has 0 bridgehead atoms. The van der Waals surface area contributed by atoms with Crippen molar-refractivity contribution in [2.24, 2.45) is 0 Å². The molecule has 0 aliphatic heterocycles. The predicted octanol–water partition coefficient (Wildman–Crippen LogP) is 5.36. The molecule has 4 rings (SSSR count). The van der Waals surface area contributed by atoms with E-state index >= 15 is 0 Å². The average molecular weight is 368 g/mol. The molecule has 1 aliphatic rings. The van der Waals surface area contributed by atoms with Crippen LogP contribution >= 0.6 is 11.6 Å². The number of amides is 1. The molecular formula is C20H18ClN3O2. The molecule has 0 saturated heterocycles. The second-order valence-corrected chi connectivity index (χ2v) is 6.77. The Labute approximate surface area is 156 Å². The van der Waals surface area contributed by atoms with Gasteiger partial charge in [-0.05, 0) is 30.5 Å². The van der Waals surface area contributed by atoms with Crippen molar-refractivity contribution in [3.8, 4) is 11.3 Å². The molecule has 1 aromatic heterocycles. The van der Waals surface area contributed by atoms with Crippen molar-refractivity contribution in [3.63, 3.8) is 0 Å². The van der Waals surface area contributed by atoms with Crippen LogP contribution in [0.5, 0.6) is 0 Å². The van der Waals surface area contributed by atoms with E-state index in [0.717, 1.165) is 29.7 Å². The molecule has 1 aliphatic carbocycles. The zero-order chi connectivity index (χ0) is 17.9.